The maximum absolute atomic E-state index is 8.46. The van der Waals surface area contributed by atoms with Gasteiger partial charge in [0.15, 0.2) is 0 Å². The third-order valence-electron chi connectivity index (χ3n) is 0.843. The minimum atomic E-state index is -0.833. The first kappa shape index (κ1) is 9.71. The molecule has 10 heavy (non-hydrogen) atoms. The van der Waals surface area contributed by atoms with E-state index >= 15 is 0 Å². The van der Waals surface area contributed by atoms with Crippen LogP contribution in [-0.4, -0.2) is 4.89 Å². The van der Waals surface area contributed by atoms with E-state index in [1.807, 2.05) is 27.4 Å². The summed E-state index contributed by atoms with van der Waals surface area (Å²) < 4.78 is 8.46. The van der Waals surface area contributed by atoms with Crippen LogP contribution in [0.1, 0.15) is 0 Å². The summed E-state index contributed by atoms with van der Waals surface area (Å²) in [5.74, 6) is 0. The Balaban J connectivity index is 0.000000236. The van der Waals surface area contributed by atoms with E-state index in [2.05, 4.69) is 12.1 Å². The minimum Gasteiger partial charge on any atom is -0.310 e. The van der Waals surface area contributed by atoms with Crippen LogP contribution in [0.4, 0.5) is 0 Å². The second-order valence-electron chi connectivity index (χ2n) is 1.57. The molecule has 54 valence electrons. The number of hydrogen-bond acceptors (Lipinski definition) is 1. The lowest BCUT2D eigenvalue weighted by atomic mass is 10.4. The van der Waals surface area contributed by atoms with Gasteiger partial charge in [0, 0.05) is 9.24 Å². The quantitative estimate of drug-likeness (QED) is 0.599. The number of hydrogen-bond donors (Lipinski definition) is 1. The van der Waals surface area contributed by atoms with Gasteiger partial charge in [-0.2, -0.15) is 0 Å². The van der Waals surface area contributed by atoms with Crippen molar-refractivity contribution in [2.24, 2.45) is 0 Å². The van der Waals surface area contributed by atoms with Crippen LogP contribution in [0.25, 0.3) is 0 Å². The zero-order chi connectivity index (χ0) is 7.82. The van der Waals surface area contributed by atoms with Gasteiger partial charge in [-0.15, -0.1) is 0 Å². The molecule has 0 aromatic heterocycles. The summed E-state index contributed by atoms with van der Waals surface area (Å²) in [5, 5.41) is 1.35. The molecule has 0 spiro atoms. The Morgan fingerprint density at radius 1 is 1.30 bits per heavy atom. The molecule has 1 unspecified atom stereocenters. The van der Waals surface area contributed by atoms with Gasteiger partial charge in [0.1, 0.15) is 0 Å². The van der Waals surface area contributed by atoms with Crippen molar-refractivity contribution >= 4 is 23.2 Å². The van der Waals surface area contributed by atoms with Crippen molar-refractivity contribution in [3.05, 3.63) is 30.3 Å². The van der Waals surface area contributed by atoms with E-state index < -0.39 is 8.69 Å². The molecule has 2 nitrogen and oxygen atoms in total. The van der Waals surface area contributed by atoms with Gasteiger partial charge in [0.2, 0.25) is 0 Å². The lowest BCUT2D eigenvalue weighted by Gasteiger charge is -1.77. The van der Waals surface area contributed by atoms with Gasteiger partial charge in [0.05, 0.1) is 5.30 Å². The summed E-state index contributed by atoms with van der Waals surface area (Å²) in [7, 11) is 1.07. The lowest BCUT2D eigenvalue weighted by Crippen LogP contribution is -1.82. The molecule has 1 atom stereocenters. The standard InChI is InChI=1S/C6H7P.HO2P/c7-6-4-2-1-3-5-6;1-3-2/h1-5H,7H2;(H,1,2)/p+1. The average Bonchev–Trinajstić information content (AvgIpc) is 1.91. The molecule has 4 heteroatoms. The van der Waals surface area contributed by atoms with E-state index in [-0.39, 0.29) is 0 Å². The molecule has 1 rings (SSSR count). The van der Waals surface area contributed by atoms with Crippen molar-refractivity contribution in [1.82, 2.24) is 0 Å². The highest BCUT2D eigenvalue weighted by molar-refractivity contribution is 7.27. The van der Waals surface area contributed by atoms with Crippen molar-refractivity contribution in [1.29, 1.82) is 0 Å². The van der Waals surface area contributed by atoms with Gasteiger partial charge < -0.3 is 4.89 Å². The number of rotatable bonds is 0. The molecule has 0 aliphatic heterocycles. The predicted octanol–water partition coefficient (Wildman–Crippen LogP) is 1.10. The van der Waals surface area contributed by atoms with Gasteiger partial charge >= 0.3 is 8.69 Å². The number of benzene rings is 1. The summed E-state index contributed by atoms with van der Waals surface area (Å²) in [6.45, 7) is 0. The van der Waals surface area contributed by atoms with Gasteiger partial charge in [-0.05, 0) is 12.1 Å². The fourth-order valence-corrected chi connectivity index (χ4v) is 0.750. The zero-order valence-electron chi connectivity index (χ0n) is 5.40. The van der Waals surface area contributed by atoms with Crippen LogP contribution in [-0.2, 0) is 4.57 Å². The SMILES string of the molecule is O=PO.[PH3+]c1ccccc1. The second kappa shape index (κ2) is 6.82. The molecule has 1 N–H and O–H groups in total. The van der Waals surface area contributed by atoms with Crippen molar-refractivity contribution in [2.75, 3.05) is 0 Å². The van der Waals surface area contributed by atoms with Crippen LogP contribution in [0.2, 0.25) is 0 Å². The van der Waals surface area contributed by atoms with Crippen molar-refractivity contribution in [3.8, 4) is 0 Å². The molecule has 1 aromatic rings. The topological polar surface area (TPSA) is 37.3 Å². The van der Waals surface area contributed by atoms with Crippen LogP contribution in [0, 0.1) is 0 Å². The molecule has 0 aliphatic rings. The molecule has 0 saturated heterocycles. The predicted molar refractivity (Wildman–Crippen MR) is 47.0 cm³/mol. The lowest BCUT2D eigenvalue weighted by molar-refractivity contribution is 0.524. The average molecular weight is 175 g/mol. The molecule has 0 heterocycles. The van der Waals surface area contributed by atoms with Crippen LogP contribution >= 0.6 is 17.9 Å². The van der Waals surface area contributed by atoms with E-state index in [0.717, 1.165) is 0 Å². The highest BCUT2D eigenvalue weighted by atomic mass is 31.1. The van der Waals surface area contributed by atoms with Crippen molar-refractivity contribution in [3.63, 3.8) is 0 Å². The second-order valence-corrected chi connectivity index (χ2v) is 2.55. The molecular weight excluding hydrogens is 166 g/mol. The van der Waals surface area contributed by atoms with E-state index in [0.29, 0.717) is 0 Å². The fraction of sp³-hybridized carbons (Fsp3) is 0. The van der Waals surface area contributed by atoms with Crippen LogP contribution in [0.5, 0.6) is 0 Å². The molecule has 0 amide bonds. The Morgan fingerprint density at radius 3 is 1.90 bits per heavy atom. The monoisotopic (exact) mass is 175 g/mol. The van der Waals surface area contributed by atoms with Crippen molar-refractivity contribution < 1.29 is 9.46 Å². The molecule has 0 fully saturated rings. The van der Waals surface area contributed by atoms with E-state index in [1.165, 1.54) is 5.30 Å². The Labute approximate surface area is 63.8 Å². The third kappa shape index (κ3) is 5.84. The first-order valence-corrected chi connectivity index (χ1v) is 4.12. The summed E-state index contributed by atoms with van der Waals surface area (Å²) in [5.41, 5.74) is 0. The van der Waals surface area contributed by atoms with Crippen molar-refractivity contribution in [2.45, 2.75) is 0 Å². The maximum Gasteiger partial charge on any atom is 0.324 e. The highest BCUT2D eigenvalue weighted by Crippen LogP contribution is 1.86. The molecule has 0 saturated carbocycles. The highest BCUT2D eigenvalue weighted by Gasteiger charge is 1.78. The van der Waals surface area contributed by atoms with Gasteiger partial charge in [-0.3, -0.25) is 0 Å². The summed E-state index contributed by atoms with van der Waals surface area (Å²) in [4.78, 5) is 6.99. The molecule has 0 bridgehead atoms. The fourth-order valence-electron chi connectivity index (χ4n) is 0.478. The third-order valence-corrected chi connectivity index (χ3v) is 1.31. The van der Waals surface area contributed by atoms with Gasteiger partial charge in [-0.25, -0.2) is 4.57 Å². The minimum absolute atomic E-state index is 0.833. The van der Waals surface area contributed by atoms with Gasteiger partial charge in [-0.1, -0.05) is 18.2 Å². The maximum atomic E-state index is 8.46. The first-order valence-electron chi connectivity index (χ1n) is 2.65. The molecular formula is C6H9O2P2+. The smallest absolute Gasteiger partial charge is 0.310 e. The van der Waals surface area contributed by atoms with E-state index in [4.69, 9.17) is 9.46 Å². The normalized spacial score (nSPS) is 8.50. The molecule has 1 aromatic carbocycles. The zero-order valence-corrected chi connectivity index (χ0v) is 7.71. The summed E-state index contributed by atoms with van der Waals surface area (Å²) in [6.07, 6.45) is 0. The van der Waals surface area contributed by atoms with E-state index in [9.17, 15) is 0 Å². The van der Waals surface area contributed by atoms with Crippen LogP contribution in [0.15, 0.2) is 30.3 Å². The molecule has 0 aliphatic carbocycles. The Kier molecular flexibility index (Phi) is 6.63. The summed E-state index contributed by atoms with van der Waals surface area (Å²) >= 11 is 0. The van der Waals surface area contributed by atoms with Crippen LogP contribution < -0.4 is 5.30 Å². The van der Waals surface area contributed by atoms with Crippen LogP contribution in [0.3, 0.4) is 0 Å². The molecule has 0 radical (unpaired) electrons. The largest absolute Gasteiger partial charge is 0.324 e. The first-order chi connectivity index (χ1) is 4.81. The Bertz CT molecular complexity index is 176. The summed E-state index contributed by atoms with van der Waals surface area (Å²) in [6, 6.07) is 10.3. The van der Waals surface area contributed by atoms with E-state index in [1.54, 1.807) is 0 Å². The Morgan fingerprint density at radius 2 is 1.70 bits per heavy atom. The Hall–Kier alpha value is -0.290. The van der Waals surface area contributed by atoms with Gasteiger partial charge in [0.25, 0.3) is 0 Å².